The number of halogens is 1. The van der Waals surface area contributed by atoms with Crippen LogP contribution in [0.25, 0.3) is 0 Å². The van der Waals surface area contributed by atoms with Crippen LogP contribution in [0.3, 0.4) is 0 Å². The van der Waals surface area contributed by atoms with Gasteiger partial charge in [0, 0.05) is 37.2 Å². The highest BCUT2D eigenvalue weighted by Crippen LogP contribution is 2.32. The van der Waals surface area contributed by atoms with Crippen molar-refractivity contribution in [3.8, 4) is 11.6 Å². The van der Waals surface area contributed by atoms with Gasteiger partial charge >= 0.3 is 0 Å². The summed E-state index contributed by atoms with van der Waals surface area (Å²) in [4.78, 5) is 19.3. The minimum atomic E-state index is -0.379. The maximum absolute atomic E-state index is 13.0. The minimum Gasteiger partial charge on any atom is -0.497 e. The molecule has 29 heavy (non-hydrogen) atoms. The van der Waals surface area contributed by atoms with Crippen molar-refractivity contribution in [3.05, 3.63) is 40.9 Å². The maximum atomic E-state index is 13.0. The molecule has 2 fully saturated rings. The second-order valence-corrected chi connectivity index (χ2v) is 7.46. The molecule has 1 unspecified atom stereocenters. The predicted molar refractivity (Wildman–Crippen MR) is 112 cm³/mol. The SMILES string of the molecule is COc1ccc(Cl)c(NC2CCN(c3ccc(C4CNNC4)c(OC)n3)C2=O)c1. The summed E-state index contributed by atoms with van der Waals surface area (Å²) < 4.78 is 10.7. The zero-order valence-corrected chi connectivity index (χ0v) is 17.1. The number of hydrogen-bond donors (Lipinski definition) is 3. The Morgan fingerprint density at radius 1 is 1.17 bits per heavy atom. The van der Waals surface area contributed by atoms with Gasteiger partial charge in [-0.05, 0) is 30.7 Å². The molecule has 1 aromatic heterocycles. The van der Waals surface area contributed by atoms with Crippen LogP contribution >= 0.6 is 11.6 Å². The fraction of sp³-hybridized carbons (Fsp3) is 0.400. The number of benzene rings is 1. The number of carbonyl (C=O) groups excluding carboxylic acids is 1. The highest BCUT2D eigenvalue weighted by atomic mass is 35.5. The number of hydrazine groups is 1. The fourth-order valence-electron chi connectivity index (χ4n) is 3.72. The molecule has 0 spiro atoms. The van der Waals surface area contributed by atoms with Crippen molar-refractivity contribution in [2.75, 3.05) is 44.1 Å². The molecule has 9 heteroatoms. The minimum absolute atomic E-state index is 0.0459. The Balaban J connectivity index is 1.51. The third kappa shape index (κ3) is 3.96. The Hall–Kier alpha value is -2.55. The Morgan fingerprint density at radius 2 is 1.97 bits per heavy atom. The Kier molecular flexibility index (Phi) is 5.75. The lowest BCUT2D eigenvalue weighted by atomic mass is 10.0. The summed E-state index contributed by atoms with van der Waals surface area (Å²) in [5.41, 5.74) is 7.93. The van der Waals surface area contributed by atoms with Gasteiger partial charge in [0.05, 0.1) is 24.9 Å². The van der Waals surface area contributed by atoms with Crippen molar-refractivity contribution in [2.24, 2.45) is 0 Å². The highest BCUT2D eigenvalue weighted by Gasteiger charge is 2.34. The maximum Gasteiger partial charge on any atom is 0.250 e. The van der Waals surface area contributed by atoms with Gasteiger partial charge in [-0.15, -0.1) is 0 Å². The first-order chi connectivity index (χ1) is 14.1. The second-order valence-electron chi connectivity index (χ2n) is 7.05. The molecular weight excluding hydrogens is 394 g/mol. The van der Waals surface area contributed by atoms with Gasteiger partial charge in [0.15, 0.2) is 0 Å². The summed E-state index contributed by atoms with van der Waals surface area (Å²) in [6.45, 7) is 2.20. The third-order valence-corrected chi connectivity index (χ3v) is 5.65. The molecule has 3 heterocycles. The smallest absolute Gasteiger partial charge is 0.250 e. The summed E-state index contributed by atoms with van der Waals surface area (Å²) >= 11 is 6.27. The van der Waals surface area contributed by atoms with Gasteiger partial charge in [-0.25, -0.2) is 0 Å². The number of pyridine rings is 1. The summed E-state index contributed by atoms with van der Waals surface area (Å²) in [5.74, 6) is 2.06. The standard InChI is InChI=1S/C20H24ClN5O3/c1-28-13-3-5-15(21)17(9-13)24-16-7-8-26(20(16)27)18-6-4-14(19(25-18)29-2)12-10-22-23-11-12/h3-6,9,12,16,22-24H,7-8,10-11H2,1-2H3. The number of aromatic nitrogens is 1. The molecule has 0 bridgehead atoms. The number of methoxy groups -OCH3 is 2. The largest absolute Gasteiger partial charge is 0.497 e. The molecule has 2 aliphatic rings. The molecule has 2 aliphatic heterocycles. The van der Waals surface area contributed by atoms with Crippen LogP contribution in [0.15, 0.2) is 30.3 Å². The number of hydrogen-bond acceptors (Lipinski definition) is 7. The average Bonchev–Trinajstić information content (AvgIpc) is 3.40. The third-order valence-electron chi connectivity index (χ3n) is 5.32. The van der Waals surface area contributed by atoms with E-state index in [4.69, 9.17) is 21.1 Å². The van der Waals surface area contributed by atoms with E-state index in [1.165, 1.54) is 0 Å². The summed E-state index contributed by atoms with van der Waals surface area (Å²) in [7, 11) is 3.20. The van der Waals surface area contributed by atoms with E-state index in [1.54, 1.807) is 37.3 Å². The Morgan fingerprint density at radius 3 is 2.69 bits per heavy atom. The van der Waals surface area contributed by atoms with Crippen molar-refractivity contribution >= 4 is 29.0 Å². The lowest BCUT2D eigenvalue weighted by Gasteiger charge is -2.20. The molecule has 4 rings (SSSR count). The molecular formula is C20H24ClN5O3. The van der Waals surface area contributed by atoms with Gasteiger partial charge in [-0.3, -0.25) is 20.5 Å². The molecule has 2 saturated heterocycles. The second kappa shape index (κ2) is 8.44. The number of anilines is 2. The first kappa shape index (κ1) is 19.8. The van der Waals surface area contributed by atoms with Gasteiger partial charge in [0.25, 0.3) is 5.91 Å². The number of carbonyl (C=O) groups is 1. The monoisotopic (exact) mass is 417 g/mol. The summed E-state index contributed by atoms with van der Waals surface area (Å²) in [6.07, 6.45) is 0.647. The lowest BCUT2D eigenvalue weighted by molar-refractivity contribution is -0.117. The number of rotatable bonds is 6. The van der Waals surface area contributed by atoms with E-state index in [2.05, 4.69) is 21.2 Å². The van der Waals surface area contributed by atoms with E-state index in [-0.39, 0.29) is 17.9 Å². The van der Waals surface area contributed by atoms with Crippen LogP contribution in [-0.4, -0.2) is 50.8 Å². The molecule has 0 aliphatic carbocycles. The van der Waals surface area contributed by atoms with Crippen LogP contribution in [0.1, 0.15) is 17.9 Å². The van der Waals surface area contributed by atoms with E-state index in [0.717, 1.165) is 18.7 Å². The van der Waals surface area contributed by atoms with Crippen LogP contribution in [0.5, 0.6) is 11.6 Å². The van der Waals surface area contributed by atoms with Gasteiger partial charge in [-0.2, -0.15) is 4.98 Å². The van der Waals surface area contributed by atoms with Crippen molar-refractivity contribution in [1.29, 1.82) is 0 Å². The average molecular weight is 418 g/mol. The molecule has 1 amide bonds. The van der Waals surface area contributed by atoms with Gasteiger partial charge in [-0.1, -0.05) is 11.6 Å². The van der Waals surface area contributed by atoms with Crippen molar-refractivity contribution in [1.82, 2.24) is 15.8 Å². The van der Waals surface area contributed by atoms with Gasteiger partial charge in [0.2, 0.25) is 5.88 Å². The topological polar surface area (TPSA) is 87.8 Å². The van der Waals surface area contributed by atoms with Gasteiger partial charge in [0.1, 0.15) is 17.6 Å². The molecule has 0 saturated carbocycles. The molecule has 8 nitrogen and oxygen atoms in total. The Bertz CT molecular complexity index is 904. The number of ether oxygens (including phenoxy) is 2. The van der Waals surface area contributed by atoms with Crippen LogP contribution in [0, 0.1) is 0 Å². The summed E-state index contributed by atoms with van der Waals surface area (Å²) in [6, 6.07) is 8.82. The molecule has 3 N–H and O–H groups in total. The molecule has 154 valence electrons. The first-order valence-corrected chi connectivity index (χ1v) is 9.90. The number of amides is 1. The lowest BCUT2D eigenvalue weighted by Crippen LogP contribution is -2.34. The fourth-order valence-corrected chi connectivity index (χ4v) is 3.89. The molecule has 2 aromatic rings. The Labute approximate surface area is 174 Å². The van der Waals surface area contributed by atoms with Crippen molar-refractivity contribution in [3.63, 3.8) is 0 Å². The zero-order valence-electron chi connectivity index (χ0n) is 16.4. The van der Waals surface area contributed by atoms with E-state index in [1.807, 2.05) is 12.1 Å². The number of nitrogens with zero attached hydrogens (tertiary/aromatic N) is 2. The van der Waals surface area contributed by atoms with Crippen LogP contribution in [-0.2, 0) is 4.79 Å². The van der Waals surface area contributed by atoms with E-state index < -0.39 is 0 Å². The van der Waals surface area contributed by atoms with Crippen LogP contribution in [0.4, 0.5) is 11.5 Å². The molecule has 0 radical (unpaired) electrons. The zero-order chi connectivity index (χ0) is 20.4. The van der Waals surface area contributed by atoms with E-state index in [0.29, 0.717) is 41.1 Å². The molecule has 1 aromatic carbocycles. The highest BCUT2D eigenvalue weighted by molar-refractivity contribution is 6.33. The van der Waals surface area contributed by atoms with Gasteiger partial charge < -0.3 is 14.8 Å². The first-order valence-electron chi connectivity index (χ1n) is 9.53. The quantitative estimate of drug-likeness (QED) is 0.663. The van der Waals surface area contributed by atoms with E-state index in [9.17, 15) is 4.79 Å². The normalized spacial score (nSPS) is 19.6. The van der Waals surface area contributed by atoms with Crippen molar-refractivity contribution in [2.45, 2.75) is 18.4 Å². The number of nitrogens with one attached hydrogen (secondary N) is 3. The van der Waals surface area contributed by atoms with Crippen LogP contribution < -0.4 is 30.5 Å². The molecule has 1 atom stereocenters. The van der Waals surface area contributed by atoms with E-state index >= 15 is 0 Å². The van der Waals surface area contributed by atoms with Crippen molar-refractivity contribution < 1.29 is 14.3 Å². The summed E-state index contributed by atoms with van der Waals surface area (Å²) in [5, 5.41) is 3.78. The predicted octanol–water partition coefficient (Wildman–Crippen LogP) is 2.16. The van der Waals surface area contributed by atoms with Crippen LogP contribution in [0.2, 0.25) is 5.02 Å².